The largest absolute Gasteiger partial charge is 0.419 e. The number of rotatable bonds is 7. The number of nitro groups is 1. The van der Waals surface area contributed by atoms with Crippen molar-refractivity contribution in [3.8, 4) is 11.5 Å². The molecule has 1 aliphatic heterocycles. The van der Waals surface area contributed by atoms with Crippen molar-refractivity contribution in [2.24, 2.45) is 0 Å². The lowest BCUT2D eigenvalue weighted by atomic mass is 10.2. The van der Waals surface area contributed by atoms with Crippen molar-refractivity contribution in [1.29, 1.82) is 0 Å². The lowest BCUT2D eigenvalue weighted by molar-refractivity contribution is -0.384. The van der Waals surface area contributed by atoms with Gasteiger partial charge in [-0.2, -0.15) is 0 Å². The summed E-state index contributed by atoms with van der Waals surface area (Å²) in [6.07, 6.45) is 2.32. The summed E-state index contributed by atoms with van der Waals surface area (Å²) in [4.78, 5) is 12.3. The summed E-state index contributed by atoms with van der Waals surface area (Å²) in [6.45, 7) is 5.93. The fraction of sp³-hybridized carbons (Fsp3) is 0.500. The summed E-state index contributed by atoms with van der Waals surface area (Å²) in [7, 11) is 0. The summed E-state index contributed by atoms with van der Waals surface area (Å²) < 4.78 is 11.3. The fourth-order valence-electron chi connectivity index (χ4n) is 2.90. The minimum Gasteiger partial charge on any atom is -0.419 e. The normalized spacial score (nSPS) is 16.3. The zero-order valence-electron chi connectivity index (χ0n) is 15.8. The molecule has 0 saturated carbocycles. The summed E-state index contributed by atoms with van der Waals surface area (Å²) >= 11 is 5.53. The van der Waals surface area contributed by atoms with E-state index in [1.54, 1.807) is 12.1 Å². The molecule has 0 spiro atoms. The molecule has 0 bridgehead atoms. The van der Waals surface area contributed by atoms with Gasteiger partial charge in [0, 0.05) is 36.9 Å². The highest BCUT2D eigenvalue weighted by Crippen LogP contribution is 2.22. The van der Waals surface area contributed by atoms with E-state index in [0.29, 0.717) is 35.5 Å². The van der Waals surface area contributed by atoms with Gasteiger partial charge in [-0.25, -0.2) is 0 Å². The van der Waals surface area contributed by atoms with Crippen molar-refractivity contribution in [3.05, 3.63) is 40.3 Å². The van der Waals surface area contributed by atoms with Gasteiger partial charge in [-0.15, -0.1) is 10.2 Å². The molecule has 0 radical (unpaired) electrons. The van der Waals surface area contributed by atoms with E-state index in [1.807, 2.05) is 18.7 Å². The van der Waals surface area contributed by atoms with E-state index in [1.165, 1.54) is 12.1 Å². The molecular formula is C18H23N5O4S. The molecule has 0 amide bonds. The van der Waals surface area contributed by atoms with Gasteiger partial charge in [-0.1, -0.05) is 0 Å². The molecule has 2 heterocycles. The highest BCUT2D eigenvalue weighted by Gasteiger charge is 2.21. The Morgan fingerprint density at radius 2 is 2.14 bits per heavy atom. The van der Waals surface area contributed by atoms with Crippen LogP contribution in [0.3, 0.4) is 0 Å². The van der Waals surface area contributed by atoms with Crippen molar-refractivity contribution in [2.75, 3.05) is 13.2 Å². The Balaban J connectivity index is 1.63. The molecule has 9 nitrogen and oxygen atoms in total. The van der Waals surface area contributed by atoms with E-state index in [-0.39, 0.29) is 17.8 Å². The predicted octanol–water partition coefficient (Wildman–Crippen LogP) is 2.91. The zero-order chi connectivity index (χ0) is 20.1. The topological polar surface area (TPSA) is 107 Å². The third-order valence-corrected chi connectivity index (χ3v) is 4.87. The van der Waals surface area contributed by atoms with Gasteiger partial charge in [0.25, 0.3) is 5.69 Å². The van der Waals surface area contributed by atoms with Gasteiger partial charge >= 0.3 is 0 Å². The number of nitro benzene ring substituents is 1. The maximum absolute atomic E-state index is 10.8. The highest BCUT2D eigenvalue weighted by atomic mass is 32.1. The number of aromatic nitrogens is 2. The summed E-state index contributed by atoms with van der Waals surface area (Å²) in [5.41, 5.74) is 0.636. The molecule has 1 N–H and O–H groups in total. The average Bonchev–Trinajstić information content (AvgIpc) is 3.36. The lowest BCUT2D eigenvalue weighted by Gasteiger charge is -2.28. The van der Waals surface area contributed by atoms with Crippen LogP contribution in [-0.4, -0.2) is 50.4 Å². The first-order chi connectivity index (χ1) is 13.4. The summed E-state index contributed by atoms with van der Waals surface area (Å²) in [5, 5.41) is 22.8. The molecule has 10 heteroatoms. The van der Waals surface area contributed by atoms with Crippen molar-refractivity contribution < 1.29 is 14.1 Å². The Bertz CT molecular complexity index is 818. The number of non-ortho nitro benzene ring substituents is 1. The quantitative estimate of drug-likeness (QED) is 0.423. The van der Waals surface area contributed by atoms with Gasteiger partial charge in [0.1, 0.15) is 0 Å². The Morgan fingerprint density at radius 3 is 2.75 bits per heavy atom. The zero-order valence-corrected chi connectivity index (χ0v) is 16.6. The van der Waals surface area contributed by atoms with E-state index < -0.39 is 4.92 Å². The first-order valence-electron chi connectivity index (χ1n) is 9.17. The van der Waals surface area contributed by atoms with Crippen molar-refractivity contribution >= 4 is 23.0 Å². The fourth-order valence-corrected chi connectivity index (χ4v) is 3.26. The van der Waals surface area contributed by atoms with Crippen molar-refractivity contribution in [1.82, 2.24) is 20.4 Å². The first kappa shape index (κ1) is 20.2. The van der Waals surface area contributed by atoms with Crippen LogP contribution in [0.15, 0.2) is 28.7 Å². The Labute approximate surface area is 168 Å². The number of hydrogen-bond acceptors (Lipinski definition) is 7. The Hall–Kier alpha value is -2.59. The number of thiocarbonyl (C=S) groups is 1. The Kier molecular flexibility index (Phi) is 6.53. The van der Waals surface area contributed by atoms with Gasteiger partial charge in [-0.05, 0) is 51.0 Å². The molecule has 150 valence electrons. The molecule has 1 aromatic carbocycles. The van der Waals surface area contributed by atoms with Crippen LogP contribution in [-0.2, 0) is 11.3 Å². The second kappa shape index (κ2) is 9.07. The molecule has 3 rings (SSSR count). The minimum atomic E-state index is -0.450. The van der Waals surface area contributed by atoms with Crippen LogP contribution in [0, 0.1) is 10.1 Å². The third kappa shape index (κ3) is 5.02. The van der Waals surface area contributed by atoms with E-state index in [4.69, 9.17) is 21.4 Å². The maximum atomic E-state index is 10.8. The van der Waals surface area contributed by atoms with E-state index in [9.17, 15) is 10.1 Å². The molecule has 1 aliphatic rings. The smallest absolute Gasteiger partial charge is 0.269 e. The van der Waals surface area contributed by atoms with Crippen molar-refractivity contribution in [2.45, 2.75) is 45.4 Å². The van der Waals surface area contributed by atoms with Crippen LogP contribution >= 0.6 is 12.2 Å². The van der Waals surface area contributed by atoms with Crippen LogP contribution in [0.5, 0.6) is 0 Å². The molecule has 28 heavy (non-hydrogen) atoms. The highest BCUT2D eigenvalue weighted by molar-refractivity contribution is 7.80. The number of nitrogens with zero attached hydrogens (tertiary/aromatic N) is 4. The van der Waals surface area contributed by atoms with Gasteiger partial charge in [0.05, 0.1) is 17.6 Å². The Morgan fingerprint density at radius 1 is 1.39 bits per heavy atom. The monoisotopic (exact) mass is 405 g/mol. The number of ether oxygens (including phenoxy) is 1. The summed E-state index contributed by atoms with van der Waals surface area (Å²) in [5.74, 6) is 0.732. The van der Waals surface area contributed by atoms with Crippen LogP contribution in [0.1, 0.15) is 32.6 Å². The molecular weight excluding hydrogens is 382 g/mol. The number of hydrogen-bond donors (Lipinski definition) is 1. The van der Waals surface area contributed by atoms with Crippen LogP contribution in [0.4, 0.5) is 5.69 Å². The molecule has 1 fully saturated rings. The standard InChI is InChI=1S/C18H23N5O4S/c1-12(2)22(18(28)19-10-15-4-3-9-26-15)11-16-20-21-17(27-16)13-5-7-14(8-6-13)23(24)25/h5-8,12,15H,3-4,9-11H2,1-2H3,(H,19,28)/t15-/m1/s1. The van der Waals surface area contributed by atoms with Gasteiger partial charge in [0.15, 0.2) is 5.11 Å². The maximum Gasteiger partial charge on any atom is 0.269 e. The predicted molar refractivity (Wildman–Crippen MR) is 107 cm³/mol. The molecule has 1 atom stereocenters. The number of nitrogens with one attached hydrogen (secondary N) is 1. The van der Waals surface area contributed by atoms with E-state index in [0.717, 1.165) is 19.4 Å². The third-order valence-electron chi connectivity index (χ3n) is 4.49. The molecule has 0 unspecified atom stereocenters. The van der Waals surface area contributed by atoms with Gasteiger partial charge < -0.3 is 19.4 Å². The van der Waals surface area contributed by atoms with Gasteiger partial charge in [0.2, 0.25) is 11.8 Å². The van der Waals surface area contributed by atoms with E-state index in [2.05, 4.69) is 15.5 Å². The first-order valence-corrected chi connectivity index (χ1v) is 9.58. The van der Waals surface area contributed by atoms with Crippen LogP contribution in [0.25, 0.3) is 11.5 Å². The van der Waals surface area contributed by atoms with Crippen molar-refractivity contribution in [3.63, 3.8) is 0 Å². The minimum absolute atomic E-state index is 0.0112. The van der Waals surface area contributed by atoms with Gasteiger partial charge in [-0.3, -0.25) is 10.1 Å². The van der Waals surface area contributed by atoms with E-state index >= 15 is 0 Å². The lowest BCUT2D eigenvalue weighted by Crippen LogP contribution is -2.45. The average molecular weight is 405 g/mol. The molecule has 1 saturated heterocycles. The SMILES string of the molecule is CC(C)N(Cc1nnc(-c2ccc([N+](=O)[O-])cc2)o1)C(=S)NC[C@H]1CCCO1. The van der Waals surface area contributed by atoms with Crippen LogP contribution in [0.2, 0.25) is 0 Å². The molecule has 0 aliphatic carbocycles. The van der Waals surface area contributed by atoms with Crippen LogP contribution < -0.4 is 5.32 Å². The molecule has 1 aromatic heterocycles. The molecule has 2 aromatic rings. The second-order valence-electron chi connectivity index (χ2n) is 6.85. The second-order valence-corrected chi connectivity index (χ2v) is 7.23. The number of benzene rings is 1. The summed E-state index contributed by atoms with van der Waals surface area (Å²) in [6, 6.07) is 6.12.